The van der Waals surface area contributed by atoms with Crippen molar-refractivity contribution >= 4 is 28.1 Å². The zero-order valence-electron chi connectivity index (χ0n) is 16.6. The smallest absolute Gasteiger partial charge is 0.335 e. The molecule has 154 valence electrons. The Hall–Kier alpha value is -3.91. The largest absolute Gasteiger partial charge is 0.395 e. The van der Waals surface area contributed by atoms with E-state index in [1.807, 2.05) is 36.4 Å². The van der Waals surface area contributed by atoms with Gasteiger partial charge >= 0.3 is 5.69 Å². The van der Waals surface area contributed by atoms with Crippen LogP contribution in [0.3, 0.4) is 0 Å². The van der Waals surface area contributed by atoms with Crippen LogP contribution in [0.25, 0.3) is 27.9 Å². The third kappa shape index (κ3) is 2.62. The number of benzene rings is 2. The van der Waals surface area contributed by atoms with E-state index >= 15 is 0 Å². The highest BCUT2D eigenvalue weighted by Gasteiger charge is 2.26. The molecule has 2 aromatic carbocycles. The molecule has 0 spiro atoms. The molecule has 1 unspecified atom stereocenters. The normalized spacial score (nSPS) is 15.5. The average Bonchev–Trinajstić information content (AvgIpc) is 3.45. The molecule has 0 fully saturated rings. The summed E-state index contributed by atoms with van der Waals surface area (Å²) >= 11 is 0. The topological polar surface area (TPSA) is 89.9 Å². The van der Waals surface area contributed by atoms with Crippen molar-refractivity contribution in [2.75, 3.05) is 18.5 Å². The molecule has 5 aromatic rings. The molecule has 0 bridgehead atoms. The summed E-state index contributed by atoms with van der Waals surface area (Å²) in [5, 5.41) is 12.8. The maximum atomic E-state index is 13.0. The minimum Gasteiger partial charge on any atom is -0.395 e. The van der Waals surface area contributed by atoms with Gasteiger partial charge < -0.3 is 15.0 Å². The van der Waals surface area contributed by atoms with Gasteiger partial charge in [0.05, 0.1) is 41.4 Å². The lowest BCUT2D eigenvalue weighted by Crippen LogP contribution is -2.24. The zero-order valence-corrected chi connectivity index (χ0v) is 16.6. The van der Waals surface area contributed by atoms with Gasteiger partial charge in [-0.25, -0.2) is 19.3 Å². The Morgan fingerprint density at radius 2 is 1.84 bits per heavy atom. The Labute approximate surface area is 177 Å². The van der Waals surface area contributed by atoms with Crippen LogP contribution >= 0.6 is 0 Å². The molecule has 4 heterocycles. The predicted octanol–water partition coefficient (Wildman–Crippen LogP) is 2.54. The second-order valence-corrected chi connectivity index (χ2v) is 7.62. The van der Waals surface area contributed by atoms with Crippen LogP contribution in [0, 0.1) is 0 Å². The molecule has 0 aliphatic carbocycles. The van der Waals surface area contributed by atoms with Crippen LogP contribution in [0.15, 0.2) is 71.7 Å². The highest BCUT2D eigenvalue weighted by Crippen LogP contribution is 2.33. The molecule has 0 saturated carbocycles. The summed E-state index contributed by atoms with van der Waals surface area (Å²) in [6, 6.07) is 19.9. The number of aliphatic hydroxyl groups excluding tert-OH is 1. The molecule has 2 N–H and O–H groups in total. The van der Waals surface area contributed by atoms with Crippen molar-refractivity contribution in [3.8, 4) is 5.69 Å². The number of para-hydroxylation sites is 2. The van der Waals surface area contributed by atoms with E-state index in [4.69, 9.17) is 0 Å². The van der Waals surface area contributed by atoms with Crippen molar-refractivity contribution in [1.82, 2.24) is 23.7 Å². The number of aliphatic hydroxyl groups is 1. The van der Waals surface area contributed by atoms with E-state index in [0.29, 0.717) is 11.2 Å². The minimum atomic E-state index is -0.207. The molecular weight excluding hydrogens is 392 g/mol. The number of pyridine rings is 1. The lowest BCUT2D eigenvalue weighted by atomic mass is 10.1. The third-order valence-electron chi connectivity index (χ3n) is 5.91. The zero-order chi connectivity index (χ0) is 20.9. The van der Waals surface area contributed by atoms with Crippen molar-refractivity contribution in [2.24, 2.45) is 0 Å². The first kappa shape index (κ1) is 17.9. The standard InChI is InChI=1S/C23H20N6O2/c30-13-12-27-19-6-3-11-24-21(19)28(23(27)31)16-9-7-15(8-10-16)20-14-25-22-26-17-4-1-2-5-18(17)29(20)22/h1-11,20,30H,12-14H2,(H,25,26). The maximum Gasteiger partial charge on any atom is 0.335 e. The van der Waals surface area contributed by atoms with Crippen LogP contribution in [-0.4, -0.2) is 41.9 Å². The van der Waals surface area contributed by atoms with E-state index in [1.165, 1.54) is 0 Å². The lowest BCUT2D eigenvalue weighted by Gasteiger charge is -2.14. The molecule has 8 heteroatoms. The Kier molecular flexibility index (Phi) is 3.94. The number of hydrogen-bond acceptors (Lipinski definition) is 5. The Balaban J connectivity index is 1.43. The molecule has 1 aliphatic rings. The number of hydrogen-bond donors (Lipinski definition) is 2. The summed E-state index contributed by atoms with van der Waals surface area (Å²) in [5.41, 5.74) is 5.04. The molecule has 1 atom stereocenters. The van der Waals surface area contributed by atoms with Gasteiger partial charge in [0.25, 0.3) is 0 Å². The van der Waals surface area contributed by atoms with Gasteiger partial charge in [0.1, 0.15) is 0 Å². The number of aromatic nitrogens is 5. The van der Waals surface area contributed by atoms with Crippen molar-refractivity contribution in [3.63, 3.8) is 0 Å². The first-order valence-corrected chi connectivity index (χ1v) is 10.2. The molecule has 0 radical (unpaired) electrons. The molecular formula is C23H20N6O2. The fraction of sp³-hybridized carbons (Fsp3) is 0.174. The average molecular weight is 412 g/mol. The highest BCUT2D eigenvalue weighted by molar-refractivity contribution is 5.80. The molecule has 8 nitrogen and oxygen atoms in total. The van der Waals surface area contributed by atoms with Crippen LogP contribution in [0.4, 0.5) is 5.95 Å². The van der Waals surface area contributed by atoms with Crippen LogP contribution in [0.5, 0.6) is 0 Å². The molecule has 0 saturated heterocycles. The van der Waals surface area contributed by atoms with E-state index < -0.39 is 0 Å². The summed E-state index contributed by atoms with van der Waals surface area (Å²) in [6.07, 6.45) is 1.67. The van der Waals surface area contributed by atoms with Gasteiger partial charge in [-0.3, -0.25) is 4.57 Å². The fourth-order valence-electron chi connectivity index (χ4n) is 4.51. The number of fused-ring (bicyclic) bond motifs is 4. The van der Waals surface area contributed by atoms with Gasteiger partial charge in [-0.1, -0.05) is 24.3 Å². The van der Waals surface area contributed by atoms with Crippen molar-refractivity contribution < 1.29 is 5.11 Å². The van der Waals surface area contributed by atoms with Crippen LogP contribution in [0.2, 0.25) is 0 Å². The summed E-state index contributed by atoms with van der Waals surface area (Å²) in [5.74, 6) is 0.878. The molecule has 3 aromatic heterocycles. The number of imidazole rings is 2. The van der Waals surface area contributed by atoms with Crippen LogP contribution < -0.4 is 11.0 Å². The van der Waals surface area contributed by atoms with Crippen molar-refractivity contribution in [1.29, 1.82) is 0 Å². The number of anilines is 1. The van der Waals surface area contributed by atoms with Crippen molar-refractivity contribution in [3.05, 3.63) is 82.9 Å². The predicted molar refractivity (Wildman–Crippen MR) is 119 cm³/mol. The van der Waals surface area contributed by atoms with E-state index in [2.05, 4.69) is 38.1 Å². The summed E-state index contributed by atoms with van der Waals surface area (Å²) in [7, 11) is 0. The monoisotopic (exact) mass is 412 g/mol. The SMILES string of the molecule is O=c1n(CCO)c2cccnc2n1-c1ccc(C2CNc3nc4ccccc4n32)cc1. The first-order valence-electron chi connectivity index (χ1n) is 10.2. The van der Waals surface area contributed by atoms with E-state index in [1.54, 1.807) is 21.4 Å². The second kappa shape index (κ2) is 6.82. The second-order valence-electron chi connectivity index (χ2n) is 7.62. The number of rotatable bonds is 4. The van der Waals surface area contributed by atoms with E-state index in [9.17, 15) is 9.90 Å². The summed E-state index contributed by atoms with van der Waals surface area (Å²) in [6.45, 7) is 0.892. The first-order chi connectivity index (χ1) is 15.3. The lowest BCUT2D eigenvalue weighted by molar-refractivity contribution is 0.276. The van der Waals surface area contributed by atoms with Crippen molar-refractivity contribution in [2.45, 2.75) is 12.6 Å². The number of nitrogens with zero attached hydrogens (tertiary/aromatic N) is 5. The van der Waals surface area contributed by atoms with E-state index in [0.717, 1.165) is 34.8 Å². The molecule has 1 aliphatic heterocycles. The van der Waals surface area contributed by atoms with Gasteiger partial charge in [-0.2, -0.15) is 0 Å². The number of nitrogens with one attached hydrogen (secondary N) is 1. The molecule has 6 rings (SSSR count). The minimum absolute atomic E-state index is 0.108. The summed E-state index contributed by atoms with van der Waals surface area (Å²) in [4.78, 5) is 22.1. The highest BCUT2D eigenvalue weighted by atomic mass is 16.3. The van der Waals surface area contributed by atoms with Gasteiger partial charge in [-0.15, -0.1) is 0 Å². The Morgan fingerprint density at radius 3 is 2.68 bits per heavy atom. The van der Waals surface area contributed by atoms with Crippen LogP contribution in [0.1, 0.15) is 11.6 Å². The molecule has 31 heavy (non-hydrogen) atoms. The van der Waals surface area contributed by atoms with Gasteiger partial charge in [0.15, 0.2) is 5.65 Å². The summed E-state index contributed by atoms with van der Waals surface area (Å²) < 4.78 is 5.38. The van der Waals surface area contributed by atoms with E-state index in [-0.39, 0.29) is 24.9 Å². The maximum absolute atomic E-state index is 13.0. The Bertz CT molecular complexity index is 1480. The van der Waals surface area contributed by atoms with Gasteiger partial charge in [-0.05, 0) is 42.0 Å². The third-order valence-corrected chi connectivity index (χ3v) is 5.91. The molecule has 0 amide bonds. The quantitative estimate of drug-likeness (QED) is 0.474. The Morgan fingerprint density at radius 1 is 1.03 bits per heavy atom. The van der Waals surface area contributed by atoms with Gasteiger partial charge in [0, 0.05) is 12.7 Å². The van der Waals surface area contributed by atoms with Crippen LogP contribution in [-0.2, 0) is 6.54 Å². The fourth-order valence-corrected chi connectivity index (χ4v) is 4.51. The van der Waals surface area contributed by atoms with Gasteiger partial charge in [0.2, 0.25) is 5.95 Å².